The zero-order valence-corrected chi connectivity index (χ0v) is 21.4. The maximum Gasteiger partial charge on any atom is 0.133 e. The molecule has 0 aromatic rings. The van der Waals surface area contributed by atoms with Gasteiger partial charge in [0.1, 0.15) is 6.26 Å². The van der Waals surface area contributed by atoms with Gasteiger partial charge in [-0.2, -0.15) is 4.89 Å². The van der Waals surface area contributed by atoms with E-state index in [9.17, 15) is 0 Å². The molecular formula is C30H54O2. The summed E-state index contributed by atoms with van der Waals surface area (Å²) >= 11 is 0. The molecule has 0 fully saturated rings. The molecule has 0 amide bonds. The number of rotatable bonds is 1. The molecule has 0 saturated carbocycles. The second-order valence-electron chi connectivity index (χ2n) is 10.4. The standard InChI is InChI=1S/C30H54O2/c1-2-4-8-12-16-20-24-29(25-21-17-13-9-5-3-1)30-26-22-18-14-10-6-7-11-15-19-23-27-31-32-28-30/h24,28H,1-23,25-27H2/b29-24+,30-28+. The highest BCUT2D eigenvalue weighted by atomic mass is 17.2. The summed E-state index contributed by atoms with van der Waals surface area (Å²) in [6.07, 6.45) is 38.5. The van der Waals surface area contributed by atoms with Crippen LogP contribution in [0.1, 0.15) is 161 Å². The lowest BCUT2D eigenvalue weighted by Gasteiger charge is -2.14. The van der Waals surface area contributed by atoms with Crippen LogP contribution >= 0.6 is 0 Å². The van der Waals surface area contributed by atoms with Gasteiger partial charge >= 0.3 is 0 Å². The summed E-state index contributed by atoms with van der Waals surface area (Å²) in [7, 11) is 0. The topological polar surface area (TPSA) is 18.5 Å². The van der Waals surface area contributed by atoms with Crippen molar-refractivity contribution in [2.45, 2.75) is 161 Å². The van der Waals surface area contributed by atoms with Crippen LogP contribution in [0.3, 0.4) is 0 Å². The number of hydrogen-bond donors (Lipinski definition) is 0. The van der Waals surface area contributed by atoms with Gasteiger partial charge < -0.3 is 4.89 Å². The van der Waals surface area contributed by atoms with E-state index in [1.54, 1.807) is 5.57 Å². The fourth-order valence-corrected chi connectivity index (χ4v) is 5.22. The summed E-state index contributed by atoms with van der Waals surface area (Å²) in [5, 5.41) is 0. The number of allylic oxidation sites excluding steroid dienone is 3. The molecule has 2 rings (SSSR count). The summed E-state index contributed by atoms with van der Waals surface area (Å²) in [5.41, 5.74) is 2.97. The van der Waals surface area contributed by atoms with Gasteiger partial charge in [-0.25, -0.2) is 0 Å². The van der Waals surface area contributed by atoms with Gasteiger partial charge in [-0.1, -0.05) is 122 Å². The third kappa shape index (κ3) is 15.1. The van der Waals surface area contributed by atoms with Crippen LogP contribution in [0, 0.1) is 0 Å². The largest absolute Gasteiger partial charge is 0.345 e. The average Bonchev–Trinajstić information content (AvgIpc) is 2.79. The fraction of sp³-hybridized carbons (Fsp3) is 0.867. The molecule has 2 aliphatic rings. The Kier molecular flexibility index (Phi) is 17.9. The van der Waals surface area contributed by atoms with Gasteiger partial charge in [0.2, 0.25) is 0 Å². The Hall–Kier alpha value is -0.760. The fourth-order valence-electron chi connectivity index (χ4n) is 5.22. The second-order valence-corrected chi connectivity index (χ2v) is 10.4. The Labute approximate surface area is 200 Å². The minimum Gasteiger partial charge on any atom is -0.345 e. The van der Waals surface area contributed by atoms with Gasteiger partial charge in [0.15, 0.2) is 0 Å². The Morgan fingerprint density at radius 2 is 0.812 bits per heavy atom. The molecule has 0 aromatic carbocycles. The lowest BCUT2D eigenvalue weighted by Crippen LogP contribution is -1.98. The van der Waals surface area contributed by atoms with Crippen molar-refractivity contribution < 1.29 is 9.78 Å². The van der Waals surface area contributed by atoms with Crippen LogP contribution < -0.4 is 0 Å². The van der Waals surface area contributed by atoms with Gasteiger partial charge in [0.05, 0.1) is 6.61 Å². The van der Waals surface area contributed by atoms with Gasteiger partial charge in [0.25, 0.3) is 0 Å². The van der Waals surface area contributed by atoms with E-state index in [1.165, 1.54) is 153 Å². The molecule has 1 heterocycles. The first-order chi connectivity index (χ1) is 16.0. The first kappa shape index (κ1) is 27.5. The maximum atomic E-state index is 5.64. The minimum absolute atomic E-state index is 0.725. The normalized spacial score (nSPS) is 27.2. The van der Waals surface area contributed by atoms with E-state index in [2.05, 4.69) is 6.08 Å². The summed E-state index contributed by atoms with van der Waals surface area (Å²) in [6, 6.07) is 0. The number of hydrogen-bond acceptors (Lipinski definition) is 2. The van der Waals surface area contributed by atoms with Crippen LogP contribution in [0.5, 0.6) is 0 Å². The van der Waals surface area contributed by atoms with Gasteiger partial charge in [-0.15, -0.1) is 0 Å². The first-order valence-corrected chi connectivity index (χ1v) is 14.6. The zero-order chi connectivity index (χ0) is 22.4. The molecule has 1 aliphatic carbocycles. The highest BCUT2D eigenvalue weighted by Gasteiger charge is 2.08. The van der Waals surface area contributed by atoms with Crippen LogP contribution in [0.15, 0.2) is 23.5 Å². The molecule has 2 heteroatoms. The highest BCUT2D eigenvalue weighted by molar-refractivity contribution is 5.29. The summed E-state index contributed by atoms with van der Waals surface area (Å²) < 4.78 is 0. The van der Waals surface area contributed by atoms with Gasteiger partial charge in [0, 0.05) is 0 Å². The third-order valence-electron chi connectivity index (χ3n) is 7.39. The van der Waals surface area contributed by atoms with E-state index in [0.717, 1.165) is 19.4 Å². The molecular weight excluding hydrogens is 392 g/mol. The van der Waals surface area contributed by atoms with Crippen molar-refractivity contribution in [2.75, 3.05) is 6.61 Å². The summed E-state index contributed by atoms with van der Waals surface area (Å²) in [6.45, 7) is 0.725. The van der Waals surface area contributed by atoms with Crippen molar-refractivity contribution in [3.63, 3.8) is 0 Å². The van der Waals surface area contributed by atoms with Crippen LogP contribution in [-0.4, -0.2) is 6.61 Å². The van der Waals surface area contributed by atoms with Crippen molar-refractivity contribution in [1.82, 2.24) is 0 Å². The zero-order valence-electron chi connectivity index (χ0n) is 21.4. The molecule has 186 valence electrons. The van der Waals surface area contributed by atoms with Crippen molar-refractivity contribution in [3.05, 3.63) is 23.5 Å². The van der Waals surface area contributed by atoms with Crippen molar-refractivity contribution in [1.29, 1.82) is 0 Å². The summed E-state index contributed by atoms with van der Waals surface area (Å²) in [5.74, 6) is 0. The molecule has 0 radical (unpaired) electrons. The maximum absolute atomic E-state index is 5.64. The van der Waals surface area contributed by atoms with Crippen LogP contribution in [-0.2, 0) is 9.78 Å². The van der Waals surface area contributed by atoms with Crippen molar-refractivity contribution in [2.24, 2.45) is 0 Å². The minimum atomic E-state index is 0.725. The third-order valence-corrected chi connectivity index (χ3v) is 7.39. The van der Waals surface area contributed by atoms with E-state index in [4.69, 9.17) is 9.78 Å². The highest BCUT2D eigenvalue weighted by Crippen LogP contribution is 2.26. The SMILES string of the molecule is C1=C(/C2=C/OOCCCCCCCCCCCC2)CCCCCCCCCCCCCC/1. The predicted molar refractivity (Wildman–Crippen MR) is 139 cm³/mol. The molecule has 0 atom stereocenters. The van der Waals surface area contributed by atoms with E-state index >= 15 is 0 Å². The molecule has 0 N–H and O–H groups in total. The Balaban J connectivity index is 1.93. The summed E-state index contributed by atoms with van der Waals surface area (Å²) in [4.78, 5) is 11.2. The predicted octanol–water partition coefficient (Wildman–Crippen LogP) is 10.5. The van der Waals surface area contributed by atoms with Crippen LogP contribution in [0.4, 0.5) is 0 Å². The van der Waals surface area contributed by atoms with E-state index in [1.807, 2.05) is 6.26 Å². The molecule has 32 heavy (non-hydrogen) atoms. The molecule has 1 aliphatic heterocycles. The Morgan fingerprint density at radius 3 is 1.34 bits per heavy atom. The quantitative estimate of drug-likeness (QED) is 0.373. The Morgan fingerprint density at radius 1 is 0.406 bits per heavy atom. The van der Waals surface area contributed by atoms with Gasteiger partial charge in [-0.3, -0.25) is 0 Å². The first-order valence-electron chi connectivity index (χ1n) is 14.6. The lowest BCUT2D eigenvalue weighted by atomic mass is 9.93. The smallest absolute Gasteiger partial charge is 0.133 e. The van der Waals surface area contributed by atoms with Crippen LogP contribution in [0.25, 0.3) is 0 Å². The van der Waals surface area contributed by atoms with E-state index in [0.29, 0.717) is 0 Å². The Bertz CT molecular complexity index is 435. The van der Waals surface area contributed by atoms with Crippen molar-refractivity contribution >= 4 is 0 Å². The lowest BCUT2D eigenvalue weighted by molar-refractivity contribution is -0.249. The molecule has 0 saturated heterocycles. The van der Waals surface area contributed by atoms with E-state index < -0.39 is 0 Å². The molecule has 0 aromatic heterocycles. The molecule has 2 nitrogen and oxygen atoms in total. The average molecular weight is 447 g/mol. The van der Waals surface area contributed by atoms with Crippen LogP contribution in [0.2, 0.25) is 0 Å². The van der Waals surface area contributed by atoms with Gasteiger partial charge in [-0.05, 0) is 56.1 Å². The molecule has 0 unspecified atom stereocenters. The second kappa shape index (κ2) is 20.8. The monoisotopic (exact) mass is 446 g/mol. The van der Waals surface area contributed by atoms with Crippen molar-refractivity contribution in [3.8, 4) is 0 Å². The van der Waals surface area contributed by atoms with E-state index in [-0.39, 0.29) is 0 Å². The molecule has 0 bridgehead atoms. The molecule has 0 spiro atoms.